The smallest absolute Gasteiger partial charge is 0.249 e. The van der Waals surface area contributed by atoms with Crippen molar-refractivity contribution in [1.82, 2.24) is 0 Å². The Balaban J connectivity index is 1.54. The third-order valence-electron chi connectivity index (χ3n) is 6.96. The maximum atomic E-state index is 9.66. The van der Waals surface area contributed by atoms with Gasteiger partial charge < -0.3 is 4.90 Å². The van der Waals surface area contributed by atoms with Crippen LogP contribution in [0, 0.1) is 11.3 Å². The van der Waals surface area contributed by atoms with Gasteiger partial charge in [0.25, 0.3) is 0 Å². The van der Waals surface area contributed by atoms with Crippen molar-refractivity contribution in [2.75, 3.05) is 4.90 Å². The molecule has 0 spiro atoms. The normalized spacial score (nSPS) is 12.9. The first-order chi connectivity index (χ1) is 17.3. The zero-order chi connectivity index (χ0) is 23.4. The summed E-state index contributed by atoms with van der Waals surface area (Å²) in [5.41, 5.74) is 10.3. The molecule has 0 fully saturated rings. The van der Waals surface area contributed by atoms with Gasteiger partial charge in [0, 0.05) is 26.7 Å². The van der Waals surface area contributed by atoms with Gasteiger partial charge in [-0.15, -0.1) is 0 Å². The minimum absolute atomic E-state index is 0.199. The molecule has 5 aromatic rings. The Labute approximate surface area is 209 Å². The number of fused-ring (bicyclic) bond motifs is 4. The summed E-state index contributed by atoms with van der Waals surface area (Å²) in [4.78, 5) is 5.03. The molecule has 0 radical (unpaired) electrons. The lowest BCUT2D eigenvalue weighted by Crippen LogP contribution is -2.59. The molecule has 0 bridgehead atoms. The Hall–Kier alpha value is -4.20. The molecule has 0 aliphatic carbocycles. The van der Waals surface area contributed by atoms with Crippen LogP contribution < -0.4 is 21.3 Å². The summed E-state index contributed by atoms with van der Waals surface area (Å²) in [5, 5.41) is 9.66. The van der Waals surface area contributed by atoms with Gasteiger partial charge in [-0.2, -0.15) is 5.26 Å². The van der Waals surface area contributed by atoms with E-state index in [2.05, 4.69) is 108 Å². The molecule has 2 aliphatic rings. The predicted molar refractivity (Wildman–Crippen MR) is 146 cm³/mol. The fourth-order valence-corrected chi connectivity index (χ4v) is 6.66. The Morgan fingerprint density at radius 3 is 2.20 bits per heavy atom. The minimum Gasteiger partial charge on any atom is -0.311 e. The summed E-state index contributed by atoms with van der Waals surface area (Å²) >= 11 is 1.86. The number of nitriles is 1. The van der Waals surface area contributed by atoms with E-state index in [0.717, 1.165) is 16.8 Å². The summed E-state index contributed by atoms with van der Waals surface area (Å²) in [6.45, 7) is 0.199. The van der Waals surface area contributed by atoms with Crippen molar-refractivity contribution in [2.24, 2.45) is 0 Å². The van der Waals surface area contributed by atoms with E-state index in [1.165, 1.54) is 37.6 Å². The number of nitrogens with zero attached hydrogens (tertiary/aromatic N) is 2. The third kappa shape index (κ3) is 3.06. The molecule has 0 aromatic heterocycles. The summed E-state index contributed by atoms with van der Waals surface area (Å²) in [5.74, 6) is 0. The number of anilines is 3. The number of rotatable bonds is 2. The molecule has 0 amide bonds. The predicted octanol–water partition coefficient (Wildman–Crippen LogP) is 5.99. The van der Waals surface area contributed by atoms with Gasteiger partial charge in [0.2, 0.25) is 6.71 Å². The summed E-state index contributed by atoms with van der Waals surface area (Å²) in [7, 11) is 0. The molecule has 162 valence electrons. The van der Waals surface area contributed by atoms with Gasteiger partial charge in [-0.3, -0.25) is 0 Å². The molecular formula is C31H19BN2S. The van der Waals surface area contributed by atoms with Crippen LogP contribution >= 0.6 is 11.8 Å². The van der Waals surface area contributed by atoms with E-state index in [4.69, 9.17) is 0 Å². The highest BCUT2D eigenvalue weighted by Crippen LogP contribution is 2.44. The highest BCUT2D eigenvalue weighted by atomic mass is 32.2. The van der Waals surface area contributed by atoms with Gasteiger partial charge in [-0.25, -0.2) is 0 Å². The molecule has 0 unspecified atom stereocenters. The molecule has 35 heavy (non-hydrogen) atoms. The Morgan fingerprint density at radius 1 is 0.629 bits per heavy atom. The molecule has 0 saturated heterocycles. The standard InChI is InChI=1S/C31H19BN2S/c33-20-21-17-18-26(23(19-21)22-9-2-1-3-10-22)34-27-13-6-4-11-24(27)32-25-12-5-7-15-29(25)35-30-16-8-14-28(34)31(30)32/h1-19H. The van der Waals surface area contributed by atoms with Crippen LogP contribution in [0.1, 0.15) is 5.56 Å². The molecule has 0 atom stereocenters. The van der Waals surface area contributed by atoms with E-state index in [1.807, 2.05) is 30.0 Å². The summed E-state index contributed by atoms with van der Waals surface area (Å²) in [6, 6.07) is 42.9. The van der Waals surface area contributed by atoms with E-state index in [1.54, 1.807) is 0 Å². The van der Waals surface area contributed by atoms with Gasteiger partial charge in [0.1, 0.15) is 0 Å². The minimum atomic E-state index is 0.199. The zero-order valence-electron chi connectivity index (χ0n) is 18.8. The highest BCUT2D eigenvalue weighted by Gasteiger charge is 2.40. The Morgan fingerprint density at radius 2 is 1.34 bits per heavy atom. The summed E-state index contributed by atoms with van der Waals surface area (Å²) < 4.78 is 0. The second-order valence-electron chi connectivity index (χ2n) is 8.87. The van der Waals surface area contributed by atoms with Crippen LogP contribution in [-0.4, -0.2) is 6.71 Å². The largest absolute Gasteiger partial charge is 0.311 e. The number of para-hydroxylation sites is 1. The Kier molecular flexibility index (Phi) is 4.58. The summed E-state index contributed by atoms with van der Waals surface area (Å²) in [6.07, 6.45) is 0. The monoisotopic (exact) mass is 462 g/mol. The van der Waals surface area contributed by atoms with Crippen molar-refractivity contribution in [3.8, 4) is 17.2 Å². The van der Waals surface area contributed by atoms with E-state index < -0.39 is 0 Å². The van der Waals surface area contributed by atoms with Gasteiger partial charge in [0.15, 0.2) is 0 Å². The van der Waals surface area contributed by atoms with E-state index in [-0.39, 0.29) is 6.71 Å². The lowest BCUT2D eigenvalue weighted by atomic mass is 9.35. The lowest BCUT2D eigenvalue weighted by molar-refractivity contribution is 1.27. The van der Waals surface area contributed by atoms with Crippen molar-refractivity contribution in [3.05, 3.63) is 121 Å². The highest BCUT2D eigenvalue weighted by molar-refractivity contribution is 8.00. The fraction of sp³-hybridized carbons (Fsp3) is 0. The van der Waals surface area contributed by atoms with Crippen LogP contribution in [0.15, 0.2) is 125 Å². The average molecular weight is 462 g/mol. The second kappa shape index (κ2) is 7.94. The SMILES string of the molecule is N#Cc1ccc(N2c3ccccc3B3c4ccccc4Sc4cccc2c43)c(-c2ccccc2)c1. The van der Waals surface area contributed by atoms with E-state index in [0.29, 0.717) is 5.56 Å². The Bertz CT molecular complexity index is 1660. The zero-order valence-corrected chi connectivity index (χ0v) is 19.7. The number of benzene rings is 5. The third-order valence-corrected chi connectivity index (χ3v) is 8.13. The van der Waals surface area contributed by atoms with Crippen LogP contribution in [0.3, 0.4) is 0 Å². The number of hydrogen-bond donors (Lipinski definition) is 0. The van der Waals surface area contributed by atoms with Crippen LogP contribution in [0.2, 0.25) is 0 Å². The lowest BCUT2D eigenvalue weighted by Gasteiger charge is -2.40. The maximum absolute atomic E-state index is 9.66. The van der Waals surface area contributed by atoms with Gasteiger partial charge in [-0.05, 0) is 59.0 Å². The van der Waals surface area contributed by atoms with Crippen LogP contribution in [0.4, 0.5) is 17.1 Å². The van der Waals surface area contributed by atoms with Crippen molar-refractivity contribution >= 4 is 51.9 Å². The van der Waals surface area contributed by atoms with E-state index in [9.17, 15) is 5.26 Å². The molecule has 0 saturated carbocycles. The van der Waals surface area contributed by atoms with Crippen molar-refractivity contribution in [3.63, 3.8) is 0 Å². The quantitative estimate of drug-likeness (QED) is 0.296. The fourth-order valence-electron chi connectivity index (χ4n) is 5.49. The van der Waals surface area contributed by atoms with Gasteiger partial charge >= 0.3 is 0 Å². The van der Waals surface area contributed by atoms with Crippen LogP contribution in [0.5, 0.6) is 0 Å². The molecule has 2 aliphatic heterocycles. The molecule has 2 nitrogen and oxygen atoms in total. The molecule has 4 heteroatoms. The maximum Gasteiger partial charge on any atom is 0.249 e. The van der Waals surface area contributed by atoms with Gasteiger partial charge in [-0.1, -0.05) is 90.0 Å². The van der Waals surface area contributed by atoms with Crippen molar-refractivity contribution in [2.45, 2.75) is 9.79 Å². The molecule has 0 N–H and O–H groups in total. The molecule has 5 aromatic carbocycles. The van der Waals surface area contributed by atoms with Crippen LogP contribution in [-0.2, 0) is 0 Å². The topological polar surface area (TPSA) is 27.0 Å². The number of hydrogen-bond acceptors (Lipinski definition) is 3. The van der Waals surface area contributed by atoms with Crippen molar-refractivity contribution < 1.29 is 0 Å². The second-order valence-corrected chi connectivity index (χ2v) is 9.95. The first kappa shape index (κ1) is 20.2. The molecular weight excluding hydrogens is 443 g/mol. The first-order valence-corrected chi connectivity index (χ1v) is 12.5. The van der Waals surface area contributed by atoms with Gasteiger partial charge in [0.05, 0.1) is 17.3 Å². The average Bonchev–Trinajstić information content (AvgIpc) is 2.93. The molecule has 7 rings (SSSR count). The first-order valence-electron chi connectivity index (χ1n) is 11.7. The van der Waals surface area contributed by atoms with E-state index >= 15 is 0 Å². The van der Waals surface area contributed by atoms with Crippen LogP contribution in [0.25, 0.3) is 11.1 Å². The molecule has 2 heterocycles. The van der Waals surface area contributed by atoms with Crippen molar-refractivity contribution in [1.29, 1.82) is 5.26 Å².